The highest BCUT2D eigenvalue weighted by molar-refractivity contribution is 9.10. The fourth-order valence-electron chi connectivity index (χ4n) is 1.43. The standard InChI is InChI=1S/C14H11BrO2/c15-14-8-13(7-6-12(14)9-16)17-10-11-4-2-1-3-5-11/h1-9H,10H2. The van der Waals surface area contributed by atoms with Gasteiger partial charge >= 0.3 is 0 Å². The van der Waals surface area contributed by atoms with Crippen molar-refractivity contribution in [3.63, 3.8) is 0 Å². The average Bonchev–Trinajstić information content (AvgIpc) is 2.38. The third-order valence-electron chi connectivity index (χ3n) is 2.35. The second kappa shape index (κ2) is 5.64. The Kier molecular flexibility index (Phi) is 3.94. The molecule has 0 aliphatic heterocycles. The van der Waals surface area contributed by atoms with E-state index in [-0.39, 0.29) is 0 Å². The number of hydrogen-bond acceptors (Lipinski definition) is 2. The molecule has 0 atom stereocenters. The molecule has 0 aliphatic carbocycles. The van der Waals surface area contributed by atoms with Crippen LogP contribution in [0, 0.1) is 0 Å². The largest absolute Gasteiger partial charge is 0.489 e. The third-order valence-corrected chi connectivity index (χ3v) is 3.03. The van der Waals surface area contributed by atoms with E-state index in [0.29, 0.717) is 12.2 Å². The van der Waals surface area contributed by atoms with E-state index < -0.39 is 0 Å². The lowest BCUT2D eigenvalue weighted by Crippen LogP contribution is -1.95. The highest BCUT2D eigenvalue weighted by Crippen LogP contribution is 2.22. The molecule has 0 saturated carbocycles. The van der Waals surface area contributed by atoms with Gasteiger partial charge in [-0.05, 0) is 39.7 Å². The van der Waals surface area contributed by atoms with E-state index >= 15 is 0 Å². The van der Waals surface area contributed by atoms with Crippen molar-refractivity contribution in [3.05, 3.63) is 64.1 Å². The van der Waals surface area contributed by atoms with Crippen LogP contribution < -0.4 is 4.74 Å². The van der Waals surface area contributed by atoms with Crippen LogP contribution in [0.5, 0.6) is 5.75 Å². The number of hydrogen-bond donors (Lipinski definition) is 0. The minimum Gasteiger partial charge on any atom is -0.489 e. The minimum absolute atomic E-state index is 0.522. The Morgan fingerprint density at radius 1 is 1.12 bits per heavy atom. The highest BCUT2D eigenvalue weighted by Gasteiger charge is 2.01. The third kappa shape index (κ3) is 3.17. The lowest BCUT2D eigenvalue weighted by atomic mass is 10.2. The van der Waals surface area contributed by atoms with Crippen LogP contribution in [0.4, 0.5) is 0 Å². The Balaban J connectivity index is 2.05. The van der Waals surface area contributed by atoms with Crippen LogP contribution in [0.2, 0.25) is 0 Å². The van der Waals surface area contributed by atoms with Crippen LogP contribution in [-0.4, -0.2) is 6.29 Å². The van der Waals surface area contributed by atoms with E-state index in [9.17, 15) is 4.79 Å². The average molecular weight is 291 g/mol. The first kappa shape index (κ1) is 11.9. The Hall–Kier alpha value is -1.61. The quantitative estimate of drug-likeness (QED) is 0.800. The molecule has 2 nitrogen and oxygen atoms in total. The van der Waals surface area contributed by atoms with E-state index in [1.54, 1.807) is 18.2 Å². The molecular weight excluding hydrogens is 280 g/mol. The van der Waals surface area contributed by atoms with Crippen molar-refractivity contribution in [1.29, 1.82) is 0 Å². The van der Waals surface area contributed by atoms with Gasteiger partial charge in [-0.15, -0.1) is 0 Å². The van der Waals surface area contributed by atoms with Crippen LogP contribution in [0.25, 0.3) is 0 Å². The van der Waals surface area contributed by atoms with Gasteiger partial charge in [-0.25, -0.2) is 0 Å². The summed E-state index contributed by atoms with van der Waals surface area (Å²) in [6, 6.07) is 15.3. The molecule has 0 heterocycles. The predicted octanol–water partition coefficient (Wildman–Crippen LogP) is 3.84. The zero-order valence-corrected chi connectivity index (χ0v) is 10.7. The fraction of sp³-hybridized carbons (Fsp3) is 0.0714. The fourth-order valence-corrected chi connectivity index (χ4v) is 1.89. The summed E-state index contributed by atoms with van der Waals surface area (Å²) < 4.78 is 6.37. The summed E-state index contributed by atoms with van der Waals surface area (Å²) >= 11 is 3.32. The van der Waals surface area contributed by atoms with E-state index in [4.69, 9.17) is 4.74 Å². The monoisotopic (exact) mass is 290 g/mol. The number of ether oxygens (including phenoxy) is 1. The van der Waals surface area contributed by atoms with Gasteiger partial charge in [0.15, 0.2) is 6.29 Å². The van der Waals surface area contributed by atoms with E-state index in [0.717, 1.165) is 22.1 Å². The molecule has 0 fully saturated rings. The molecule has 0 unspecified atom stereocenters. The summed E-state index contributed by atoms with van der Waals surface area (Å²) in [5, 5.41) is 0. The SMILES string of the molecule is O=Cc1ccc(OCc2ccccc2)cc1Br. The van der Waals surface area contributed by atoms with Crippen molar-refractivity contribution >= 4 is 22.2 Å². The van der Waals surface area contributed by atoms with Crippen LogP contribution in [0.3, 0.4) is 0 Å². The van der Waals surface area contributed by atoms with Crippen LogP contribution >= 0.6 is 15.9 Å². The smallest absolute Gasteiger partial charge is 0.151 e. The summed E-state index contributed by atoms with van der Waals surface area (Å²) in [6.45, 7) is 0.522. The lowest BCUT2D eigenvalue weighted by molar-refractivity contribution is 0.112. The minimum atomic E-state index is 0.522. The van der Waals surface area contributed by atoms with Crippen LogP contribution in [0.15, 0.2) is 53.0 Å². The van der Waals surface area contributed by atoms with Gasteiger partial charge in [0.2, 0.25) is 0 Å². The Morgan fingerprint density at radius 2 is 1.88 bits per heavy atom. The maximum atomic E-state index is 10.6. The molecule has 0 saturated heterocycles. The molecule has 0 bridgehead atoms. The molecule has 2 aromatic rings. The van der Waals surface area contributed by atoms with E-state index in [1.807, 2.05) is 30.3 Å². The number of aldehydes is 1. The van der Waals surface area contributed by atoms with Crippen molar-refractivity contribution in [2.45, 2.75) is 6.61 Å². The van der Waals surface area contributed by atoms with Gasteiger partial charge in [-0.1, -0.05) is 30.3 Å². The normalized spacial score (nSPS) is 9.94. The Bertz CT molecular complexity index is 509. The van der Waals surface area contributed by atoms with Crippen molar-refractivity contribution in [2.75, 3.05) is 0 Å². The summed E-state index contributed by atoms with van der Waals surface area (Å²) in [6.07, 6.45) is 0.811. The van der Waals surface area contributed by atoms with E-state index in [1.165, 1.54) is 0 Å². The van der Waals surface area contributed by atoms with Gasteiger partial charge in [-0.2, -0.15) is 0 Å². The molecule has 0 N–H and O–H groups in total. The summed E-state index contributed by atoms with van der Waals surface area (Å²) in [5.41, 5.74) is 1.74. The van der Waals surface area contributed by atoms with Crippen molar-refractivity contribution in [1.82, 2.24) is 0 Å². The molecule has 2 rings (SSSR count). The molecule has 0 aliphatic rings. The Labute approximate surface area is 108 Å². The summed E-state index contributed by atoms with van der Waals surface area (Å²) in [4.78, 5) is 10.6. The van der Waals surface area contributed by atoms with Gasteiger partial charge in [-0.3, -0.25) is 4.79 Å². The number of carbonyl (C=O) groups is 1. The zero-order valence-electron chi connectivity index (χ0n) is 9.10. The van der Waals surface area contributed by atoms with Crippen LogP contribution in [0.1, 0.15) is 15.9 Å². The molecular formula is C14H11BrO2. The van der Waals surface area contributed by atoms with Gasteiger partial charge < -0.3 is 4.74 Å². The first-order valence-electron chi connectivity index (χ1n) is 5.21. The number of carbonyl (C=O) groups excluding carboxylic acids is 1. The first-order valence-corrected chi connectivity index (χ1v) is 6.00. The van der Waals surface area contributed by atoms with Gasteiger partial charge in [0.05, 0.1) is 0 Å². The molecule has 2 aromatic carbocycles. The first-order chi connectivity index (χ1) is 8.29. The van der Waals surface area contributed by atoms with Crippen molar-refractivity contribution in [3.8, 4) is 5.75 Å². The summed E-state index contributed by atoms with van der Waals surface area (Å²) in [5.74, 6) is 0.742. The molecule has 3 heteroatoms. The Morgan fingerprint density at radius 3 is 2.53 bits per heavy atom. The van der Waals surface area contributed by atoms with E-state index in [2.05, 4.69) is 15.9 Å². The molecule has 17 heavy (non-hydrogen) atoms. The molecule has 0 aromatic heterocycles. The summed E-state index contributed by atoms with van der Waals surface area (Å²) in [7, 11) is 0. The second-order valence-corrected chi connectivity index (χ2v) is 4.43. The maximum Gasteiger partial charge on any atom is 0.151 e. The molecule has 0 amide bonds. The van der Waals surface area contributed by atoms with Crippen molar-refractivity contribution in [2.24, 2.45) is 0 Å². The molecule has 0 spiro atoms. The zero-order chi connectivity index (χ0) is 12.1. The second-order valence-electron chi connectivity index (χ2n) is 3.58. The molecule has 0 radical (unpaired) electrons. The number of rotatable bonds is 4. The molecule has 86 valence electrons. The van der Waals surface area contributed by atoms with Crippen LogP contribution in [-0.2, 0) is 6.61 Å². The predicted molar refractivity (Wildman–Crippen MR) is 70.3 cm³/mol. The highest BCUT2D eigenvalue weighted by atomic mass is 79.9. The van der Waals surface area contributed by atoms with Gasteiger partial charge in [0.25, 0.3) is 0 Å². The van der Waals surface area contributed by atoms with Crippen molar-refractivity contribution < 1.29 is 9.53 Å². The van der Waals surface area contributed by atoms with Gasteiger partial charge in [0.1, 0.15) is 12.4 Å². The number of benzene rings is 2. The lowest BCUT2D eigenvalue weighted by Gasteiger charge is -2.07. The van der Waals surface area contributed by atoms with Gasteiger partial charge in [0, 0.05) is 10.0 Å². The number of halogens is 1. The maximum absolute atomic E-state index is 10.6. The topological polar surface area (TPSA) is 26.3 Å².